The average molecular weight is 518 g/mol. The lowest BCUT2D eigenvalue weighted by molar-refractivity contribution is -0.118. The van der Waals surface area contributed by atoms with Crippen LogP contribution < -0.4 is 19.6 Å². The Kier molecular flexibility index (Phi) is 8.42. The highest BCUT2D eigenvalue weighted by molar-refractivity contribution is 7.99. The zero-order valence-electron chi connectivity index (χ0n) is 21.0. The fourth-order valence-corrected chi connectivity index (χ4v) is 4.32. The number of amides is 1. The summed E-state index contributed by atoms with van der Waals surface area (Å²) < 4.78 is 18.0. The van der Waals surface area contributed by atoms with Crippen molar-refractivity contribution in [3.8, 4) is 34.3 Å². The number of ether oxygens (including phenoxy) is 3. The van der Waals surface area contributed by atoms with Gasteiger partial charge in [0, 0.05) is 16.8 Å². The van der Waals surface area contributed by atoms with Crippen LogP contribution in [0.3, 0.4) is 0 Å². The molecule has 1 heterocycles. The molecule has 1 amide bonds. The first kappa shape index (κ1) is 25.8. The molecule has 0 spiro atoms. The van der Waals surface area contributed by atoms with Gasteiger partial charge in [-0.1, -0.05) is 59.8 Å². The molecule has 0 saturated heterocycles. The molecule has 4 aromatic rings. The number of methoxy groups -OCH3 is 3. The summed E-state index contributed by atoms with van der Waals surface area (Å²) in [5.74, 6) is 1.99. The Balaban J connectivity index is 1.47. The quantitative estimate of drug-likeness (QED) is 0.188. The molecule has 190 valence electrons. The molecule has 0 aliphatic heterocycles. The fraction of sp³-hybridized carbons (Fsp3) is 0.185. The Morgan fingerprint density at radius 1 is 0.973 bits per heavy atom. The number of carbonyl (C=O) groups excluding carboxylic acids is 1. The summed E-state index contributed by atoms with van der Waals surface area (Å²) in [4.78, 5) is 12.5. The van der Waals surface area contributed by atoms with E-state index in [0.29, 0.717) is 33.8 Å². The Morgan fingerprint density at radius 2 is 1.65 bits per heavy atom. The lowest BCUT2D eigenvalue weighted by Crippen LogP contribution is -2.20. The molecule has 10 heteroatoms. The molecule has 0 bridgehead atoms. The average Bonchev–Trinajstić information content (AvgIpc) is 3.36. The van der Waals surface area contributed by atoms with E-state index in [1.165, 1.54) is 39.3 Å². The Labute approximate surface area is 219 Å². The summed E-state index contributed by atoms with van der Waals surface area (Å²) in [6.07, 6.45) is 1.51. The molecular weight excluding hydrogens is 490 g/mol. The maximum Gasteiger partial charge on any atom is 0.250 e. The highest BCUT2D eigenvalue weighted by Crippen LogP contribution is 2.37. The van der Waals surface area contributed by atoms with Crippen LogP contribution in [0.2, 0.25) is 0 Å². The van der Waals surface area contributed by atoms with E-state index in [1.807, 2.05) is 66.1 Å². The van der Waals surface area contributed by atoms with E-state index in [-0.39, 0.29) is 11.7 Å². The van der Waals surface area contributed by atoms with E-state index in [0.717, 1.165) is 16.8 Å². The minimum absolute atomic E-state index is 0.103. The number of hydrogen-bond donors (Lipinski definition) is 1. The number of hydrogen-bond acceptors (Lipinski definition) is 8. The van der Waals surface area contributed by atoms with Crippen LogP contribution in [0.25, 0.3) is 17.1 Å². The standard InChI is InChI=1S/C27H27N5O4S/c1-18-10-12-20(13-11-18)26-30-31-27(32(26)21-8-6-5-7-9-21)37-17-24(33)29-28-16-19-14-22(34-2)25(36-4)23(15-19)35-3/h5-16H,17H2,1-4H3,(H,29,33)/b28-16-. The molecule has 0 aliphatic rings. The number of hydrazone groups is 1. The van der Waals surface area contributed by atoms with E-state index in [4.69, 9.17) is 14.2 Å². The lowest BCUT2D eigenvalue weighted by atomic mass is 10.1. The number of rotatable bonds is 10. The summed E-state index contributed by atoms with van der Waals surface area (Å²) in [6.45, 7) is 2.04. The van der Waals surface area contributed by atoms with Crippen molar-refractivity contribution in [1.29, 1.82) is 0 Å². The van der Waals surface area contributed by atoms with Gasteiger partial charge in [-0.2, -0.15) is 5.10 Å². The van der Waals surface area contributed by atoms with Crippen LogP contribution in [0.5, 0.6) is 17.2 Å². The van der Waals surface area contributed by atoms with E-state index < -0.39 is 0 Å². The predicted octanol–water partition coefficient (Wildman–Crippen LogP) is 4.51. The van der Waals surface area contributed by atoms with Crippen molar-refractivity contribution in [2.75, 3.05) is 27.1 Å². The summed E-state index contributed by atoms with van der Waals surface area (Å²) in [7, 11) is 4.61. The Hall–Kier alpha value is -4.31. The number of thioether (sulfide) groups is 1. The van der Waals surface area contributed by atoms with Gasteiger partial charge in [0.05, 0.1) is 33.3 Å². The largest absolute Gasteiger partial charge is 0.493 e. The van der Waals surface area contributed by atoms with Crippen molar-refractivity contribution in [3.05, 3.63) is 77.9 Å². The van der Waals surface area contributed by atoms with Crippen molar-refractivity contribution in [2.45, 2.75) is 12.1 Å². The lowest BCUT2D eigenvalue weighted by Gasteiger charge is -2.12. The third-order valence-corrected chi connectivity index (χ3v) is 6.31. The number of nitrogens with zero attached hydrogens (tertiary/aromatic N) is 4. The van der Waals surface area contributed by atoms with Crippen molar-refractivity contribution in [1.82, 2.24) is 20.2 Å². The van der Waals surface area contributed by atoms with Gasteiger partial charge in [0.1, 0.15) is 0 Å². The first-order chi connectivity index (χ1) is 18.0. The van der Waals surface area contributed by atoms with Gasteiger partial charge in [0.15, 0.2) is 22.5 Å². The van der Waals surface area contributed by atoms with Crippen molar-refractivity contribution in [2.24, 2.45) is 5.10 Å². The van der Waals surface area contributed by atoms with Crippen molar-refractivity contribution < 1.29 is 19.0 Å². The van der Waals surface area contributed by atoms with Crippen LogP contribution in [-0.2, 0) is 4.79 Å². The zero-order chi connectivity index (χ0) is 26.2. The molecule has 0 saturated carbocycles. The van der Waals surface area contributed by atoms with Gasteiger partial charge < -0.3 is 14.2 Å². The third kappa shape index (κ3) is 6.10. The molecule has 0 radical (unpaired) electrons. The highest BCUT2D eigenvalue weighted by Gasteiger charge is 2.17. The normalized spacial score (nSPS) is 10.9. The summed E-state index contributed by atoms with van der Waals surface area (Å²) in [5.41, 5.74) is 6.23. The van der Waals surface area contributed by atoms with Gasteiger partial charge >= 0.3 is 0 Å². The number of benzene rings is 3. The summed E-state index contributed by atoms with van der Waals surface area (Å²) >= 11 is 1.28. The maximum atomic E-state index is 12.5. The van der Waals surface area contributed by atoms with E-state index >= 15 is 0 Å². The van der Waals surface area contributed by atoms with Crippen molar-refractivity contribution in [3.63, 3.8) is 0 Å². The molecule has 37 heavy (non-hydrogen) atoms. The molecular formula is C27H27N5O4S. The van der Waals surface area contributed by atoms with E-state index in [2.05, 4.69) is 20.7 Å². The molecule has 4 rings (SSSR count). The predicted molar refractivity (Wildman–Crippen MR) is 144 cm³/mol. The van der Waals surface area contributed by atoms with Crippen molar-refractivity contribution >= 4 is 23.9 Å². The molecule has 1 aromatic heterocycles. The smallest absolute Gasteiger partial charge is 0.250 e. The first-order valence-corrected chi connectivity index (χ1v) is 12.3. The molecule has 0 atom stereocenters. The zero-order valence-corrected chi connectivity index (χ0v) is 21.8. The van der Waals surface area contributed by atoms with Gasteiger partial charge in [-0.05, 0) is 31.2 Å². The van der Waals surface area contributed by atoms with Gasteiger partial charge in [0.2, 0.25) is 5.75 Å². The summed E-state index contributed by atoms with van der Waals surface area (Å²) in [5, 5.41) is 13.5. The van der Waals surface area contributed by atoms with Crippen LogP contribution >= 0.6 is 11.8 Å². The molecule has 9 nitrogen and oxygen atoms in total. The van der Waals surface area contributed by atoms with Gasteiger partial charge in [-0.25, -0.2) is 5.43 Å². The van der Waals surface area contributed by atoms with Crippen LogP contribution in [0.1, 0.15) is 11.1 Å². The number of aryl methyl sites for hydroxylation is 1. The minimum Gasteiger partial charge on any atom is -0.493 e. The second-order valence-electron chi connectivity index (χ2n) is 7.88. The van der Waals surface area contributed by atoms with E-state index in [9.17, 15) is 4.79 Å². The molecule has 3 aromatic carbocycles. The number of aromatic nitrogens is 3. The second kappa shape index (κ2) is 12.1. The molecule has 0 unspecified atom stereocenters. The molecule has 0 fully saturated rings. The highest BCUT2D eigenvalue weighted by atomic mass is 32.2. The fourth-order valence-electron chi connectivity index (χ4n) is 3.58. The molecule has 0 aliphatic carbocycles. The van der Waals surface area contributed by atoms with Crippen LogP contribution in [-0.4, -0.2) is 54.0 Å². The van der Waals surface area contributed by atoms with E-state index in [1.54, 1.807) is 12.1 Å². The number of carbonyl (C=O) groups is 1. The van der Waals surface area contributed by atoms with Crippen LogP contribution in [0, 0.1) is 6.92 Å². The number of para-hydroxylation sites is 1. The molecule has 1 N–H and O–H groups in total. The minimum atomic E-state index is -0.284. The van der Waals surface area contributed by atoms with Gasteiger partial charge in [0.25, 0.3) is 5.91 Å². The second-order valence-corrected chi connectivity index (χ2v) is 8.83. The maximum absolute atomic E-state index is 12.5. The first-order valence-electron chi connectivity index (χ1n) is 11.4. The SMILES string of the molecule is COc1cc(/C=N\NC(=O)CSc2nnc(-c3ccc(C)cc3)n2-c2ccccc2)cc(OC)c1OC. The van der Waals surface area contributed by atoms with Gasteiger partial charge in [-0.15, -0.1) is 10.2 Å². The topological polar surface area (TPSA) is 99.9 Å². The summed E-state index contributed by atoms with van der Waals surface area (Å²) in [6, 6.07) is 21.4. The number of nitrogens with one attached hydrogen (secondary N) is 1. The monoisotopic (exact) mass is 517 g/mol. The Bertz CT molecular complexity index is 1360. The van der Waals surface area contributed by atoms with Crippen LogP contribution in [0.4, 0.5) is 0 Å². The Morgan fingerprint density at radius 3 is 2.27 bits per heavy atom. The third-order valence-electron chi connectivity index (χ3n) is 5.38. The van der Waals surface area contributed by atoms with Gasteiger partial charge in [-0.3, -0.25) is 9.36 Å². The van der Waals surface area contributed by atoms with Crippen LogP contribution in [0.15, 0.2) is 77.0 Å².